The Labute approximate surface area is 105 Å². The Balaban J connectivity index is 1.57. The van der Waals surface area contributed by atoms with Crippen LogP contribution in [0, 0.1) is 5.92 Å². The summed E-state index contributed by atoms with van der Waals surface area (Å²) in [4.78, 5) is 0. The predicted molar refractivity (Wildman–Crippen MR) is 74.1 cm³/mol. The van der Waals surface area contributed by atoms with E-state index in [0.717, 1.165) is 17.2 Å². The van der Waals surface area contributed by atoms with Gasteiger partial charge >= 0.3 is 0 Å². The SMILES string of the molecule is CCCC1CCC(NCC2CCCS2)CC1. The van der Waals surface area contributed by atoms with E-state index in [-0.39, 0.29) is 0 Å². The largest absolute Gasteiger partial charge is 0.313 e. The van der Waals surface area contributed by atoms with Crippen molar-refractivity contribution in [3.63, 3.8) is 0 Å². The first kappa shape index (κ1) is 12.8. The van der Waals surface area contributed by atoms with E-state index >= 15 is 0 Å². The highest BCUT2D eigenvalue weighted by molar-refractivity contribution is 8.00. The maximum Gasteiger partial charge on any atom is 0.0172 e. The number of hydrogen-bond donors (Lipinski definition) is 1. The molecule has 1 aliphatic carbocycles. The van der Waals surface area contributed by atoms with Crippen molar-refractivity contribution in [3.05, 3.63) is 0 Å². The van der Waals surface area contributed by atoms with E-state index in [2.05, 4.69) is 24.0 Å². The normalized spacial score (nSPS) is 35.4. The van der Waals surface area contributed by atoms with Crippen LogP contribution in [0.5, 0.6) is 0 Å². The standard InChI is InChI=1S/C14H27NS/c1-2-4-12-6-8-13(9-7-12)15-11-14-5-3-10-16-14/h12-15H,2-11H2,1H3. The van der Waals surface area contributed by atoms with Crippen LogP contribution in [0.15, 0.2) is 0 Å². The van der Waals surface area contributed by atoms with E-state index in [9.17, 15) is 0 Å². The van der Waals surface area contributed by atoms with Crippen molar-refractivity contribution in [2.24, 2.45) is 5.92 Å². The van der Waals surface area contributed by atoms with Crippen LogP contribution >= 0.6 is 11.8 Å². The molecule has 1 heterocycles. The summed E-state index contributed by atoms with van der Waals surface area (Å²) in [6, 6.07) is 0.842. The molecule has 1 unspecified atom stereocenters. The first-order valence-electron chi connectivity index (χ1n) is 7.23. The van der Waals surface area contributed by atoms with Gasteiger partial charge in [0.25, 0.3) is 0 Å². The number of hydrogen-bond acceptors (Lipinski definition) is 2. The molecule has 2 aliphatic rings. The van der Waals surface area contributed by atoms with E-state index in [4.69, 9.17) is 0 Å². The van der Waals surface area contributed by atoms with Crippen LogP contribution < -0.4 is 5.32 Å². The molecule has 2 heteroatoms. The smallest absolute Gasteiger partial charge is 0.0172 e. The first-order valence-corrected chi connectivity index (χ1v) is 8.28. The molecular weight excluding hydrogens is 214 g/mol. The predicted octanol–water partition coefficient (Wildman–Crippen LogP) is 3.83. The van der Waals surface area contributed by atoms with Gasteiger partial charge in [-0.2, -0.15) is 11.8 Å². The summed E-state index contributed by atoms with van der Waals surface area (Å²) in [5.74, 6) is 2.44. The van der Waals surface area contributed by atoms with Gasteiger partial charge in [-0.3, -0.25) is 0 Å². The fraction of sp³-hybridized carbons (Fsp3) is 1.00. The fourth-order valence-electron chi connectivity index (χ4n) is 3.17. The van der Waals surface area contributed by atoms with Crippen LogP contribution in [-0.2, 0) is 0 Å². The van der Waals surface area contributed by atoms with Crippen LogP contribution in [0.1, 0.15) is 58.3 Å². The Morgan fingerprint density at radius 3 is 2.56 bits per heavy atom. The molecule has 16 heavy (non-hydrogen) atoms. The van der Waals surface area contributed by atoms with E-state index in [1.54, 1.807) is 0 Å². The minimum atomic E-state index is 0.842. The van der Waals surface area contributed by atoms with E-state index < -0.39 is 0 Å². The third kappa shape index (κ3) is 3.96. The van der Waals surface area contributed by atoms with Gasteiger partial charge in [-0.15, -0.1) is 0 Å². The fourth-order valence-corrected chi connectivity index (χ4v) is 4.38. The van der Waals surface area contributed by atoms with Gasteiger partial charge in [0.1, 0.15) is 0 Å². The molecule has 1 aliphatic heterocycles. The molecule has 0 spiro atoms. The van der Waals surface area contributed by atoms with Crippen molar-refractivity contribution in [2.75, 3.05) is 12.3 Å². The minimum Gasteiger partial charge on any atom is -0.313 e. The molecule has 2 rings (SSSR count). The Morgan fingerprint density at radius 1 is 1.12 bits per heavy atom. The molecule has 0 radical (unpaired) electrons. The van der Waals surface area contributed by atoms with Gasteiger partial charge in [0, 0.05) is 17.8 Å². The van der Waals surface area contributed by atoms with Crippen LogP contribution in [-0.4, -0.2) is 23.6 Å². The van der Waals surface area contributed by atoms with E-state index in [1.807, 2.05) is 0 Å². The lowest BCUT2D eigenvalue weighted by atomic mass is 9.83. The van der Waals surface area contributed by atoms with Gasteiger partial charge in [-0.05, 0) is 50.2 Å². The first-order chi connectivity index (χ1) is 7.88. The zero-order chi connectivity index (χ0) is 11.2. The second kappa shape index (κ2) is 6.90. The summed E-state index contributed by atoms with van der Waals surface area (Å²) in [7, 11) is 0. The molecule has 1 N–H and O–H groups in total. The van der Waals surface area contributed by atoms with Gasteiger partial charge in [-0.25, -0.2) is 0 Å². The molecule has 0 aromatic heterocycles. The summed E-state index contributed by atoms with van der Waals surface area (Å²) in [6.45, 7) is 3.59. The highest BCUT2D eigenvalue weighted by Gasteiger charge is 2.22. The van der Waals surface area contributed by atoms with Crippen LogP contribution in [0.2, 0.25) is 0 Å². The second-order valence-corrected chi connectivity index (χ2v) is 6.96. The quantitative estimate of drug-likeness (QED) is 0.785. The Bertz CT molecular complexity index is 181. The highest BCUT2D eigenvalue weighted by Crippen LogP contribution is 2.29. The molecule has 1 saturated heterocycles. The zero-order valence-corrected chi connectivity index (χ0v) is 11.5. The summed E-state index contributed by atoms with van der Waals surface area (Å²) in [5.41, 5.74) is 0. The summed E-state index contributed by atoms with van der Waals surface area (Å²) < 4.78 is 0. The molecule has 1 atom stereocenters. The summed E-state index contributed by atoms with van der Waals surface area (Å²) >= 11 is 2.18. The lowest BCUT2D eigenvalue weighted by molar-refractivity contribution is 0.279. The average Bonchev–Trinajstić information content (AvgIpc) is 2.82. The summed E-state index contributed by atoms with van der Waals surface area (Å²) in [5, 5.41) is 4.73. The molecule has 2 fully saturated rings. The maximum absolute atomic E-state index is 3.81. The Morgan fingerprint density at radius 2 is 1.94 bits per heavy atom. The second-order valence-electron chi connectivity index (χ2n) is 5.55. The third-order valence-electron chi connectivity index (χ3n) is 4.20. The van der Waals surface area contributed by atoms with Gasteiger partial charge in [0.2, 0.25) is 0 Å². The van der Waals surface area contributed by atoms with Gasteiger partial charge in [0.15, 0.2) is 0 Å². The van der Waals surface area contributed by atoms with Crippen LogP contribution in [0.25, 0.3) is 0 Å². The maximum atomic E-state index is 3.81. The topological polar surface area (TPSA) is 12.0 Å². The van der Waals surface area contributed by atoms with E-state index in [0.29, 0.717) is 0 Å². The van der Waals surface area contributed by atoms with Crippen LogP contribution in [0.3, 0.4) is 0 Å². The number of rotatable bonds is 5. The lowest BCUT2D eigenvalue weighted by Gasteiger charge is -2.29. The summed E-state index contributed by atoms with van der Waals surface area (Å²) in [6.07, 6.45) is 11.5. The number of thioether (sulfide) groups is 1. The van der Waals surface area contributed by atoms with E-state index in [1.165, 1.54) is 63.7 Å². The monoisotopic (exact) mass is 241 g/mol. The van der Waals surface area contributed by atoms with Crippen molar-refractivity contribution < 1.29 is 0 Å². The van der Waals surface area contributed by atoms with Crippen molar-refractivity contribution in [3.8, 4) is 0 Å². The minimum absolute atomic E-state index is 0.842. The molecule has 0 aromatic rings. The molecule has 0 amide bonds. The molecule has 0 aromatic carbocycles. The lowest BCUT2D eigenvalue weighted by Crippen LogP contribution is -2.36. The van der Waals surface area contributed by atoms with Crippen molar-refractivity contribution in [1.29, 1.82) is 0 Å². The average molecular weight is 241 g/mol. The zero-order valence-electron chi connectivity index (χ0n) is 10.7. The molecule has 0 bridgehead atoms. The van der Waals surface area contributed by atoms with Gasteiger partial charge in [-0.1, -0.05) is 19.8 Å². The van der Waals surface area contributed by atoms with Crippen molar-refractivity contribution in [1.82, 2.24) is 5.32 Å². The highest BCUT2D eigenvalue weighted by atomic mass is 32.2. The van der Waals surface area contributed by atoms with Gasteiger partial charge < -0.3 is 5.32 Å². The Kier molecular flexibility index (Phi) is 5.51. The van der Waals surface area contributed by atoms with Crippen molar-refractivity contribution >= 4 is 11.8 Å². The third-order valence-corrected chi connectivity index (χ3v) is 5.60. The van der Waals surface area contributed by atoms with Crippen LogP contribution in [0.4, 0.5) is 0 Å². The van der Waals surface area contributed by atoms with Crippen molar-refractivity contribution in [2.45, 2.75) is 69.6 Å². The molecular formula is C14H27NS. The number of nitrogens with one attached hydrogen (secondary N) is 1. The van der Waals surface area contributed by atoms with Gasteiger partial charge in [0.05, 0.1) is 0 Å². The Hall–Kier alpha value is 0.310. The molecule has 1 saturated carbocycles. The molecule has 94 valence electrons. The molecule has 1 nitrogen and oxygen atoms in total.